The summed E-state index contributed by atoms with van der Waals surface area (Å²) in [5.74, 6) is 0. The molecule has 0 aliphatic rings. The van der Waals surface area contributed by atoms with Crippen LogP contribution in [0.2, 0.25) is 0 Å². The molecule has 0 bridgehead atoms. The maximum Gasteiger partial charge on any atom is 0.0122 e. The Morgan fingerprint density at radius 1 is 1.31 bits per heavy atom. The van der Waals surface area contributed by atoms with Crippen LogP contribution < -0.4 is 5.73 Å². The second kappa shape index (κ2) is 5.24. The Balaban J connectivity index is 2.83. The second-order valence-electron chi connectivity index (χ2n) is 5.48. The minimum atomic E-state index is 0.236. The van der Waals surface area contributed by atoms with Crippen LogP contribution in [0.25, 0.3) is 0 Å². The van der Waals surface area contributed by atoms with Gasteiger partial charge in [-0.05, 0) is 43.5 Å². The number of benzene rings is 1. The van der Waals surface area contributed by atoms with Crippen LogP contribution in [-0.2, 0) is 6.42 Å². The van der Waals surface area contributed by atoms with Gasteiger partial charge in [0.05, 0.1) is 0 Å². The van der Waals surface area contributed by atoms with Gasteiger partial charge in [0.15, 0.2) is 0 Å². The predicted molar refractivity (Wildman–Crippen MR) is 74.1 cm³/mol. The molecule has 0 saturated carbocycles. The molecule has 1 aromatic rings. The van der Waals surface area contributed by atoms with Crippen molar-refractivity contribution in [1.82, 2.24) is 0 Å². The van der Waals surface area contributed by atoms with E-state index in [0.717, 1.165) is 6.42 Å². The van der Waals surface area contributed by atoms with E-state index in [1.807, 2.05) is 11.8 Å². The molecule has 1 unspecified atom stereocenters. The summed E-state index contributed by atoms with van der Waals surface area (Å²) >= 11 is 1.91. The molecule has 90 valence electrons. The molecule has 1 rings (SSSR count). The highest BCUT2D eigenvalue weighted by atomic mass is 32.2. The molecular formula is C14H23NS. The summed E-state index contributed by atoms with van der Waals surface area (Å²) in [7, 11) is 0. The Bertz CT molecular complexity index is 350. The Hall–Kier alpha value is -0.470. The minimum absolute atomic E-state index is 0.236. The molecule has 1 aromatic carbocycles. The molecular weight excluding hydrogens is 214 g/mol. The molecule has 2 N–H and O–H groups in total. The fourth-order valence-corrected chi connectivity index (χ4v) is 2.74. The first-order valence-corrected chi connectivity index (χ1v) is 6.64. The fourth-order valence-electron chi connectivity index (χ4n) is 1.66. The van der Waals surface area contributed by atoms with Crippen LogP contribution in [0.4, 0.5) is 0 Å². The molecule has 0 aromatic heterocycles. The van der Waals surface area contributed by atoms with Gasteiger partial charge in [-0.2, -0.15) is 0 Å². The second-order valence-corrected chi connectivity index (χ2v) is 7.38. The Morgan fingerprint density at radius 2 is 1.94 bits per heavy atom. The third kappa shape index (κ3) is 4.58. The molecule has 1 nitrogen and oxygen atoms in total. The largest absolute Gasteiger partial charge is 0.328 e. The first-order valence-electron chi connectivity index (χ1n) is 5.82. The molecule has 2 heteroatoms. The summed E-state index contributed by atoms with van der Waals surface area (Å²) < 4.78 is 0.273. The van der Waals surface area contributed by atoms with Crippen molar-refractivity contribution >= 4 is 11.8 Å². The van der Waals surface area contributed by atoms with E-state index in [4.69, 9.17) is 5.73 Å². The smallest absolute Gasteiger partial charge is 0.0122 e. The van der Waals surface area contributed by atoms with Gasteiger partial charge in [0, 0.05) is 15.7 Å². The van der Waals surface area contributed by atoms with E-state index in [1.54, 1.807) is 0 Å². The highest BCUT2D eigenvalue weighted by Crippen LogP contribution is 2.32. The normalized spacial score (nSPS) is 13.9. The third-order valence-electron chi connectivity index (χ3n) is 2.28. The van der Waals surface area contributed by atoms with Gasteiger partial charge in [0.2, 0.25) is 0 Å². The van der Waals surface area contributed by atoms with Crippen molar-refractivity contribution in [2.45, 2.75) is 56.7 Å². The minimum Gasteiger partial charge on any atom is -0.328 e. The van der Waals surface area contributed by atoms with Gasteiger partial charge in [-0.1, -0.05) is 26.8 Å². The standard InChI is InChI=1S/C14H23NS/c1-10-8-13(16-14(3,4)5)7-6-12(10)9-11(2)15/h6-8,11H,9,15H2,1-5H3. The summed E-state index contributed by atoms with van der Waals surface area (Å²) in [5.41, 5.74) is 8.55. The zero-order valence-corrected chi connectivity index (χ0v) is 11.8. The van der Waals surface area contributed by atoms with Crippen molar-refractivity contribution in [3.63, 3.8) is 0 Å². The van der Waals surface area contributed by atoms with Crippen LogP contribution in [0.1, 0.15) is 38.8 Å². The van der Waals surface area contributed by atoms with Crippen LogP contribution in [0.3, 0.4) is 0 Å². The van der Waals surface area contributed by atoms with E-state index in [1.165, 1.54) is 16.0 Å². The molecule has 1 atom stereocenters. The van der Waals surface area contributed by atoms with Gasteiger partial charge in [-0.25, -0.2) is 0 Å². The maximum absolute atomic E-state index is 5.83. The van der Waals surface area contributed by atoms with Crippen molar-refractivity contribution in [1.29, 1.82) is 0 Å². The van der Waals surface area contributed by atoms with Crippen LogP contribution in [0.15, 0.2) is 23.1 Å². The number of nitrogens with two attached hydrogens (primary N) is 1. The molecule has 0 spiro atoms. The monoisotopic (exact) mass is 237 g/mol. The number of aryl methyl sites for hydroxylation is 1. The third-order valence-corrected chi connectivity index (χ3v) is 3.38. The number of thioether (sulfide) groups is 1. The van der Waals surface area contributed by atoms with Gasteiger partial charge in [0.1, 0.15) is 0 Å². The van der Waals surface area contributed by atoms with E-state index in [-0.39, 0.29) is 10.8 Å². The van der Waals surface area contributed by atoms with Crippen molar-refractivity contribution in [2.75, 3.05) is 0 Å². The lowest BCUT2D eigenvalue weighted by Crippen LogP contribution is -2.18. The lowest BCUT2D eigenvalue weighted by Gasteiger charge is -2.18. The number of hydrogen-bond acceptors (Lipinski definition) is 2. The van der Waals surface area contributed by atoms with Gasteiger partial charge in [-0.3, -0.25) is 0 Å². The molecule has 0 aliphatic heterocycles. The van der Waals surface area contributed by atoms with Crippen LogP contribution >= 0.6 is 11.8 Å². The Morgan fingerprint density at radius 3 is 2.38 bits per heavy atom. The molecule has 0 amide bonds. The molecule has 0 heterocycles. The molecule has 16 heavy (non-hydrogen) atoms. The van der Waals surface area contributed by atoms with Gasteiger partial charge < -0.3 is 5.73 Å². The van der Waals surface area contributed by atoms with E-state index >= 15 is 0 Å². The van der Waals surface area contributed by atoms with Crippen molar-refractivity contribution in [2.24, 2.45) is 5.73 Å². The molecule has 0 radical (unpaired) electrons. The zero-order chi connectivity index (χ0) is 12.3. The van der Waals surface area contributed by atoms with E-state index < -0.39 is 0 Å². The van der Waals surface area contributed by atoms with Crippen LogP contribution in [-0.4, -0.2) is 10.8 Å². The van der Waals surface area contributed by atoms with Crippen molar-refractivity contribution in [3.05, 3.63) is 29.3 Å². The average molecular weight is 237 g/mol. The maximum atomic E-state index is 5.83. The summed E-state index contributed by atoms with van der Waals surface area (Å²) in [6, 6.07) is 6.93. The highest BCUT2D eigenvalue weighted by molar-refractivity contribution is 8.00. The molecule has 0 saturated heterocycles. The number of hydrogen-bond donors (Lipinski definition) is 1. The summed E-state index contributed by atoms with van der Waals surface area (Å²) in [6.45, 7) is 10.9. The predicted octanol–water partition coefficient (Wildman–Crippen LogP) is 3.78. The topological polar surface area (TPSA) is 26.0 Å². The molecule has 0 fully saturated rings. The molecule has 0 aliphatic carbocycles. The summed E-state index contributed by atoms with van der Waals surface area (Å²) in [6.07, 6.45) is 0.965. The number of rotatable bonds is 3. The van der Waals surface area contributed by atoms with Crippen molar-refractivity contribution < 1.29 is 0 Å². The van der Waals surface area contributed by atoms with E-state index in [9.17, 15) is 0 Å². The first-order chi connectivity index (χ1) is 7.28. The van der Waals surface area contributed by atoms with Crippen LogP contribution in [0.5, 0.6) is 0 Å². The first kappa shape index (κ1) is 13.6. The summed E-state index contributed by atoms with van der Waals surface area (Å²) in [4.78, 5) is 1.35. The zero-order valence-electron chi connectivity index (χ0n) is 11.0. The Labute approximate surface area is 104 Å². The van der Waals surface area contributed by atoms with Gasteiger partial charge in [0.25, 0.3) is 0 Å². The summed E-state index contributed by atoms with van der Waals surface area (Å²) in [5, 5.41) is 0. The average Bonchev–Trinajstić information content (AvgIpc) is 2.06. The van der Waals surface area contributed by atoms with Gasteiger partial charge >= 0.3 is 0 Å². The SMILES string of the molecule is Cc1cc(SC(C)(C)C)ccc1CC(C)N. The lowest BCUT2D eigenvalue weighted by atomic mass is 10.0. The lowest BCUT2D eigenvalue weighted by molar-refractivity contribution is 0.734. The van der Waals surface area contributed by atoms with E-state index in [2.05, 4.69) is 52.8 Å². The Kier molecular flexibility index (Phi) is 4.45. The van der Waals surface area contributed by atoms with E-state index in [0.29, 0.717) is 0 Å². The van der Waals surface area contributed by atoms with Crippen LogP contribution in [0, 0.1) is 6.92 Å². The van der Waals surface area contributed by atoms with Gasteiger partial charge in [-0.15, -0.1) is 11.8 Å². The quantitative estimate of drug-likeness (QED) is 0.810. The van der Waals surface area contributed by atoms with Crippen molar-refractivity contribution in [3.8, 4) is 0 Å². The fraction of sp³-hybridized carbons (Fsp3) is 0.571. The highest BCUT2D eigenvalue weighted by Gasteiger charge is 2.12.